The van der Waals surface area contributed by atoms with Crippen LogP contribution in [0.2, 0.25) is 0 Å². The molecule has 0 aliphatic rings. The normalized spacial score (nSPS) is 12.3. The van der Waals surface area contributed by atoms with Crippen molar-refractivity contribution in [2.45, 2.75) is 0 Å². The molecule has 0 aliphatic heterocycles. The molecule has 0 radical (unpaired) electrons. The number of hydrogen-bond donors (Lipinski definition) is 0. The highest BCUT2D eigenvalue weighted by atomic mass is 16.3. The van der Waals surface area contributed by atoms with Gasteiger partial charge in [0.25, 0.3) is 0 Å². The molecule has 60 heavy (non-hydrogen) atoms. The first-order chi connectivity index (χ1) is 29.7. The highest BCUT2D eigenvalue weighted by Gasteiger charge is 2.23. The Bertz CT molecular complexity index is 3870. The molecule has 0 atom stereocenters. The Morgan fingerprint density at radius 3 is 1.17 bits per heavy atom. The number of furan rings is 2. The van der Waals surface area contributed by atoms with Gasteiger partial charge in [0.15, 0.2) is 0 Å². The summed E-state index contributed by atoms with van der Waals surface area (Å²) >= 11 is 0. The summed E-state index contributed by atoms with van der Waals surface area (Å²) in [6.45, 7) is 0. The van der Waals surface area contributed by atoms with Crippen molar-refractivity contribution >= 4 is 109 Å². The summed E-state index contributed by atoms with van der Waals surface area (Å²) in [5.74, 6) is 0. The van der Waals surface area contributed by atoms with Crippen LogP contribution in [0.3, 0.4) is 0 Å². The molecule has 0 fully saturated rings. The van der Waals surface area contributed by atoms with Crippen LogP contribution in [0.15, 0.2) is 203 Å². The van der Waals surface area contributed by atoms with Gasteiger partial charge in [0.2, 0.25) is 11.4 Å². The standard InChI is InChI=1S/C56H32N2O2/c1-3-11-41-33(9-1)17-19-37-29-39(23-25-43(37)41)57-49-27-21-35(31-47(49)53-45-13-5-7-15-51(45)59-55(53)57)36-22-28-50-48(32-36)54-46-14-6-8-16-52(46)60-56(54)58(50)40-24-26-44-38(30-40)20-18-34-10-2-4-12-42(34)44/h1-32H. The van der Waals surface area contributed by atoms with Gasteiger partial charge in [-0.15, -0.1) is 0 Å². The Morgan fingerprint density at radius 1 is 0.283 bits per heavy atom. The number of aromatic nitrogens is 2. The Labute approximate surface area is 342 Å². The molecule has 0 N–H and O–H groups in total. The van der Waals surface area contributed by atoms with Crippen molar-refractivity contribution in [2.24, 2.45) is 0 Å². The topological polar surface area (TPSA) is 36.1 Å². The fourth-order valence-electron chi connectivity index (χ4n) is 10.1. The third kappa shape index (κ3) is 4.34. The van der Waals surface area contributed by atoms with E-state index in [1.165, 1.54) is 43.1 Å². The fourth-order valence-corrected chi connectivity index (χ4v) is 10.1. The van der Waals surface area contributed by atoms with Crippen LogP contribution >= 0.6 is 0 Å². The maximum Gasteiger partial charge on any atom is 0.213 e. The summed E-state index contributed by atoms with van der Waals surface area (Å²) < 4.78 is 18.0. The van der Waals surface area contributed by atoms with Crippen LogP contribution in [0.5, 0.6) is 0 Å². The highest BCUT2D eigenvalue weighted by Crippen LogP contribution is 2.44. The van der Waals surface area contributed by atoms with E-state index in [0.29, 0.717) is 0 Å². The van der Waals surface area contributed by atoms with Crippen LogP contribution in [0.25, 0.3) is 132 Å². The van der Waals surface area contributed by atoms with Crippen molar-refractivity contribution < 1.29 is 8.83 Å². The molecule has 0 amide bonds. The van der Waals surface area contributed by atoms with Gasteiger partial charge < -0.3 is 8.83 Å². The fraction of sp³-hybridized carbons (Fsp3) is 0. The van der Waals surface area contributed by atoms with Crippen LogP contribution < -0.4 is 0 Å². The minimum absolute atomic E-state index is 0.853. The Kier molecular flexibility index (Phi) is 6.26. The zero-order valence-corrected chi connectivity index (χ0v) is 32.2. The largest absolute Gasteiger partial charge is 0.439 e. The molecule has 278 valence electrons. The first-order valence-corrected chi connectivity index (χ1v) is 20.5. The van der Waals surface area contributed by atoms with E-state index in [9.17, 15) is 0 Å². The molecule has 4 heteroatoms. The van der Waals surface area contributed by atoms with Crippen LogP contribution in [0.1, 0.15) is 0 Å². The van der Waals surface area contributed by atoms with Gasteiger partial charge >= 0.3 is 0 Å². The molecule has 4 nitrogen and oxygen atoms in total. The van der Waals surface area contributed by atoms with Crippen LogP contribution in [0.4, 0.5) is 0 Å². The molecular formula is C56H32N2O2. The van der Waals surface area contributed by atoms with Crippen LogP contribution in [-0.4, -0.2) is 9.13 Å². The first kappa shape index (κ1) is 31.9. The summed E-state index contributed by atoms with van der Waals surface area (Å²) in [5, 5.41) is 16.7. The molecule has 0 aliphatic carbocycles. The predicted octanol–water partition coefficient (Wildman–Crippen LogP) is 15.7. The summed E-state index contributed by atoms with van der Waals surface area (Å²) in [5.41, 5.74) is 10.1. The second-order valence-electron chi connectivity index (χ2n) is 16.1. The average molecular weight is 765 g/mol. The van der Waals surface area contributed by atoms with Gasteiger partial charge in [-0.3, -0.25) is 9.13 Å². The van der Waals surface area contributed by atoms with Crippen molar-refractivity contribution in [1.82, 2.24) is 9.13 Å². The SMILES string of the molecule is c1ccc2c(c1)ccc1cc(-n3c4ccc(-c5ccc6c(c5)c5c7ccccc7oc5n6-c5ccc6c(ccc7ccccc76)c5)cc4c4c5ccccc5oc43)ccc12. The van der Waals surface area contributed by atoms with Crippen LogP contribution in [-0.2, 0) is 0 Å². The number of rotatable bonds is 3. The lowest BCUT2D eigenvalue weighted by atomic mass is 10.00. The van der Waals surface area contributed by atoms with Gasteiger partial charge in [0.1, 0.15) is 11.2 Å². The van der Waals surface area contributed by atoms with E-state index < -0.39 is 0 Å². The molecule has 0 spiro atoms. The predicted molar refractivity (Wildman–Crippen MR) is 250 cm³/mol. The van der Waals surface area contributed by atoms with Gasteiger partial charge in [0, 0.05) is 32.9 Å². The zero-order valence-electron chi connectivity index (χ0n) is 32.2. The van der Waals surface area contributed by atoms with Gasteiger partial charge in [0.05, 0.1) is 21.8 Å². The molecular weight excluding hydrogens is 733 g/mol. The Morgan fingerprint density at radius 2 is 0.683 bits per heavy atom. The van der Waals surface area contributed by atoms with Crippen molar-refractivity contribution in [2.75, 3.05) is 0 Å². The molecule has 10 aromatic carbocycles. The average Bonchev–Trinajstić information content (AvgIpc) is 4.04. The quantitative estimate of drug-likeness (QED) is 0.168. The number of fused-ring (bicyclic) bond motifs is 16. The number of nitrogens with zero attached hydrogens (tertiary/aromatic N) is 2. The summed E-state index contributed by atoms with van der Waals surface area (Å²) in [4.78, 5) is 0. The maximum atomic E-state index is 6.73. The van der Waals surface area contributed by atoms with Gasteiger partial charge in [-0.25, -0.2) is 0 Å². The molecule has 4 aromatic heterocycles. The Hall–Kier alpha value is -8.08. The molecule has 0 saturated heterocycles. The van der Waals surface area contributed by atoms with Crippen molar-refractivity contribution in [3.63, 3.8) is 0 Å². The van der Waals surface area contributed by atoms with E-state index in [1.54, 1.807) is 0 Å². The molecule has 0 unspecified atom stereocenters. The van der Waals surface area contributed by atoms with E-state index in [1.807, 2.05) is 12.1 Å². The monoisotopic (exact) mass is 764 g/mol. The maximum absolute atomic E-state index is 6.73. The van der Waals surface area contributed by atoms with Crippen molar-refractivity contribution in [3.05, 3.63) is 194 Å². The lowest BCUT2D eigenvalue weighted by Crippen LogP contribution is -1.94. The zero-order chi connectivity index (χ0) is 39.1. The highest BCUT2D eigenvalue weighted by molar-refractivity contribution is 6.23. The lowest BCUT2D eigenvalue weighted by molar-refractivity contribution is 0.645. The third-order valence-corrected chi connectivity index (χ3v) is 12.9. The van der Waals surface area contributed by atoms with Gasteiger partial charge in [-0.05, 0) is 115 Å². The molecule has 4 heterocycles. The molecule has 0 saturated carbocycles. The van der Waals surface area contributed by atoms with Gasteiger partial charge in [-0.1, -0.05) is 133 Å². The smallest absolute Gasteiger partial charge is 0.213 e. The number of hydrogen-bond acceptors (Lipinski definition) is 2. The minimum Gasteiger partial charge on any atom is -0.439 e. The van der Waals surface area contributed by atoms with E-state index in [2.05, 4.69) is 191 Å². The minimum atomic E-state index is 0.853. The Balaban J connectivity index is 0.982. The van der Waals surface area contributed by atoms with E-state index in [0.717, 1.165) is 88.4 Å². The van der Waals surface area contributed by atoms with E-state index >= 15 is 0 Å². The second-order valence-corrected chi connectivity index (χ2v) is 16.1. The number of benzene rings is 10. The molecule has 0 bridgehead atoms. The van der Waals surface area contributed by atoms with Crippen LogP contribution in [0, 0.1) is 0 Å². The third-order valence-electron chi connectivity index (χ3n) is 12.9. The number of para-hydroxylation sites is 2. The second kappa shape index (κ2) is 11.8. The van der Waals surface area contributed by atoms with Crippen molar-refractivity contribution in [1.29, 1.82) is 0 Å². The van der Waals surface area contributed by atoms with Crippen molar-refractivity contribution in [3.8, 4) is 22.5 Å². The molecule has 14 aromatic rings. The van der Waals surface area contributed by atoms with E-state index in [-0.39, 0.29) is 0 Å². The summed E-state index contributed by atoms with van der Waals surface area (Å²) in [6.07, 6.45) is 0. The summed E-state index contributed by atoms with van der Waals surface area (Å²) in [6, 6.07) is 70.1. The summed E-state index contributed by atoms with van der Waals surface area (Å²) in [7, 11) is 0. The first-order valence-electron chi connectivity index (χ1n) is 20.5. The van der Waals surface area contributed by atoms with Gasteiger partial charge in [-0.2, -0.15) is 0 Å². The lowest BCUT2D eigenvalue weighted by Gasteiger charge is -2.11. The van der Waals surface area contributed by atoms with E-state index in [4.69, 9.17) is 8.83 Å². The molecule has 14 rings (SSSR count).